The van der Waals surface area contributed by atoms with Crippen LogP contribution in [0.5, 0.6) is 0 Å². The summed E-state index contributed by atoms with van der Waals surface area (Å²) in [5.74, 6) is 1.08. The van der Waals surface area contributed by atoms with Crippen molar-refractivity contribution in [3.05, 3.63) is 53.7 Å². The van der Waals surface area contributed by atoms with Crippen molar-refractivity contribution in [1.29, 1.82) is 0 Å². The molecule has 2 saturated heterocycles. The molecule has 2 N–H and O–H groups in total. The van der Waals surface area contributed by atoms with Crippen LogP contribution in [0.1, 0.15) is 34.8 Å². The summed E-state index contributed by atoms with van der Waals surface area (Å²) in [7, 11) is 3.42. The molecule has 0 aliphatic carbocycles. The van der Waals surface area contributed by atoms with Crippen LogP contribution in [0.25, 0.3) is 0 Å². The highest BCUT2D eigenvalue weighted by atomic mass is 19.1. The number of nitrogens with zero attached hydrogens (tertiary/aromatic N) is 4. The van der Waals surface area contributed by atoms with Gasteiger partial charge < -0.3 is 9.80 Å². The lowest BCUT2D eigenvalue weighted by Gasteiger charge is -2.38. The highest BCUT2D eigenvalue weighted by molar-refractivity contribution is 5.91. The quantitative estimate of drug-likeness (QED) is 0.818. The Bertz CT molecular complexity index is 859. The Balaban J connectivity index is 1.50. The molecule has 2 fully saturated rings. The van der Waals surface area contributed by atoms with Crippen LogP contribution in [0.3, 0.4) is 0 Å². The van der Waals surface area contributed by atoms with E-state index in [1.807, 2.05) is 12.1 Å². The van der Waals surface area contributed by atoms with Crippen molar-refractivity contribution < 1.29 is 9.18 Å². The summed E-state index contributed by atoms with van der Waals surface area (Å²) < 4.78 is 13.3. The molecule has 7 nitrogen and oxygen atoms in total. The van der Waals surface area contributed by atoms with Crippen molar-refractivity contribution in [2.45, 2.75) is 24.8 Å². The molecule has 0 bridgehead atoms. The fourth-order valence-corrected chi connectivity index (χ4v) is 4.35. The molecule has 8 heteroatoms. The third-order valence-corrected chi connectivity index (χ3v) is 5.86. The maximum Gasteiger partial charge on any atom is 0.273 e. The molecule has 0 saturated carbocycles. The summed E-state index contributed by atoms with van der Waals surface area (Å²) >= 11 is 0. The number of amides is 1. The predicted molar refractivity (Wildman–Crippen MR) is 109 cm³/mol. The number of hydrogen-bond donors (Lipinski definition) is 2. The molecule has 4 rings (SSSR count). The standard InChI is InChI=1S/C21H27FN6O/c1-27(2)21(29)18-11-23-12-19(25-18)28-9-3-4-15(13-28)20-17(10-24-26-20)14-5-7-16(22)8-6-14/h5-8,11-12,15,17,20,24,26H,3-4,9-10,13H2,1-2H3. The van der Waals surface area contributed by atoms with E-state index < -0.39 is 0 Å². The molecule has 0 radical (unpaired) electrons. The number of hydrazine groups is 1. The SMILES string of the molecule is CN(C)C(=O)c1cncc(N2CCCC(C3NNCC3c3ccc(F)cc3)C2)n1. The molecule has 1 amide bonds. The first-order valence-corrected chi connectivity index (χ1v) is 10.1. The van der Waals surface area contributed by atoms with Crippen molar-refractivity contribution in [1.82, 2.24) is 25.7 Å². The van der Waals surface area contributed by atoms with Gasteiger partial charge in [0.05, 0.1) is 12.4 Å². The zero-order chi connectivity index (χ0) is 20.4. The van der Waals surface area contributed by atoms with Gasteiger partial charge in [-0.15, -0.1) is 0 Å². The summed E-state index contributed by atoms with van der Waals surface area (Å²) in [5, 5.41) is 0. The highest BCUT2D eigenvalue weighted by Gasteiger charge is 2.37. The van der Waals surface area contributed by atoms with E-state index in [4.69, 9.17) is 0 Å². The minimum absolute atomic E-state index is 0.147. The average Bonchev–Trinajstić information content (AvgIpc) is 3.24. The van der Waals surface area contributed by atoms with Gasteiger partial charge in [0.15, 0.2) is 0 Å². The maximum atomic E-state index is 13.3. The van der Waals surface area contributed by atoms with E-state index >= 15 is 0 Å². The molecule has 3 unspecified atom stereocenters. The lowest BCUT2D eigenvalue weighted by atomic mass is 9.81. The van der Waals surface area contributed by atoms with Gasteiger partial charge in [0.25, 0.3) is 5.91 Å². The van der Waals surface area contributed by atoms with Crippen LogP contribution in [-0.4, -0.2) is 60.5 Å². The number of anilines is 1. The Morgan fingerprint density at radius 1 is 1.24 bits per heavy atom. The van der Waals surface area contributed by atoms with Crippen LogP contribution in [-0.2, 0) is 0 Å². The Hall–Kier alpha value is -2.58. The number of aromatic nitrogens is 2. The molecule has 2 aromatic rings. The number of carbonyl (C=O) groups is 1. The number of carbonyl (C=O) groups excluding carboxylic acids is 1. The third-order valence-electron chi connectivity index (χ3n) is 5.86. The summed E-state index contributed by atoms with van der Waals surface area (Å²) in [4.78, 5) is 24.8. The lowest BCUT2D eigenvalue weighted by molar-refractivity contribution is 0.0821. The van der Waals surface area contributed by atoms with E-state index in [2.05, 4.69) is 25.7 Å². The number of nitrogens with one attached hydrogen (secondary N) is 2. The van der Waals surface area contributed by atoms with Crippen LogP contribution >= 0.6 is 0 Å². The largest absolute Gasteiger partial charge is 0.355 e. The summed E-state index contributed by atoms with van der Waals surface area (Å²) in [6.45, 7) is 2.55. The molecule has 3 atom stereocenters. The molecule has 3 heterocycles. The van der Waals surface area contributed by atoms with Crippen molar-refractivity contribution in [2.75, 3.05) is 38.6 Å². The molecular formula is C21H27FN6O. The number of rotatable bonds is 4. The monoisotopic (exact) mass is 398 g/mol. The Kier molecular flexibility index (Phi) is 5.73. The fraction of sp³-hybridized carbons (Fsp3) is 0.476. The molecule has 29 heavy (non-hydrogen) atoms. The van der Waals surface area contributed by atoms with E-state index in [0.29, 0.717) is 11.6 Å². The van der Waals surface area contributed by atoms with Crippen LogP contribution in [0.2, 0.25) is 0 Å². The maximum absolute atomic E-state index is 13.3. The van der Waals surface area contributed by atoms with Crippen LogP contribution in [0.4, 0.5) is 10.2 Å². The van der Waals surface area contributed by atoms with Crippen LogP contribution in [0, 0.1) is 11.7 Å². The lowest BCUT2D eigenvalue weighted by Crippen LogP contribution is -2.47. The van der Waals surface area contributed by atoms with Crippen molar-refractivity contribution in [3.8, 4) is 0 Å². The van der Waals surface area contributed by atoms with Crippen LogP contribution < -0.4 is 15.8 Å². The Morgan fingerprint density at radius 3 is 2.79 bits per heavy atom. The Labute approximate surface area is 170 Å². The molecule has 154 valence electrons. The minimum atomic E-state index is -0.209. The number of halogens is 1. The molecular weight excluding hydrogens is 371 g/mol. The second kappa shape index (κ2) is 8.42. The van der Waals surface area contributed by atoms with E-state index in [0.717, 1.165) is 43.9 Å². The number of piperidine rings is 1. The molecule has 1 aromatic carbocycles. The number of benzene rings is 1. The summed E-state index contributed by atoms with van der Waals surface area (Å²) in [6.07, 6.45) is 5.40. The zero-order valence-corrected chi connectivity index (χ0v) is 16.8. The number of hydrogen-bond acceptors (Lipinski definition) is 6. The van der Waals surface area contributed by atoms with Crippen molar-refractivity contribution >= 4 is 11.7 Å². The van der Waals surface area contributed by atoms with E-state index in [-0.39, 0.29) is 23.7 Å². The van der Waals surface area contributed by atoms with Crippen molar-refractivity contribution in [2.24, 2.45) is 5.92 Å². The summed E-state index contributed by atoms with van der Waals surface area (Å²) in [6, 6.07) is 7.07. The van der Waals surface area contributed by atoms with Gasteiger partial charge in [-0.2, -0.15) is 0 Å². The van der Waals surface area contributed by atoms with Crippen LogP contribution in [0.15, 0.2) is 36.7 Å². The van der Waals surface area contributed by atoms with Gasteiger partial charge in [-0.1, -0.05) is 12.1 Å². The predicted octanol–water partition coefficient (Wildman–Crippen LogP) is 1.79. The second-order valence-corrected chi connectivity index (χ2v) is 8.02. The average molecular weight is 398 g/mol. The van der Waals surface area contributed by atoms with E-state index in [9.17, 15) is 9.18 Å². The highest BCUT2D eigenvalue weighted by Crippen LogP contribution is 2.32. The van der Waals surface area contributed by atoms with E-state index in [1.54, 1.807) is 20.3 Å². The van der Waals surface area contributed by atoms with E-state index in [1.165, 1.54) is 23.2 Å². The Morgan fingerprint density at radius 2 is 2.03 bits per heavy atom. The minimum Gasteiger partial charge on any atom is -0.355 e. The third kappa shape index (κ3) is 4.23. The van der Waals surface area contributed by atoms with Gasteiger partial charge in [0, 0.05) is 45.7 Å². The van der Waals surface area contributed by atoms with Crippen molar-refractivity contribution in [3.63, 3.8) is 0 Å². The molecule has 2 aliphatic rings. The molecule has 0 spiro atoms. The smallest absolute Gasteiger partial charge is 0.273 e. The van der Waals surface area contributed by atoms with Gasteiger partial charge in [-0.25, -0.2) is 9.37 Å². The van der Waals surface area contributed by atoms with Gasteiger partial charge in [-0.05, 0) is 36.5 Å². The first-order valence-electron chi connectivity index (χ1n) is 10.1. The first kappa shape index (κ1) is 19.7. The zero-order valence-electron chi connectivity index (χ0n) is 16.8. The van der Waals surface area contributed by atoms with Gasteiger partial charge in [-0.3, -0.25) is 20.6 Å². The van der Waals surface area contributed by atoms with Gasteiger partial charge in [0.1, 0.15) is 17.3 Å². The first-order chi connectivity index (χ1) is 14.0. The summed E-state index contributed by atoms with van der Waals surface area (Å²) in [5.41, 5.74) is 8.23. The second-order valence-electron chi connectivity index (χ2n) is 8.02. The molecule has 2 aliphatic heterocycles. The van der Waals surface area contributed by atoms with Gasteiger partial charge >= 0.3 is 0 Å². The normalized spacial score (nSPS) is 24.5. The topological polar surface area (TPSA) is 73.4 Å². The van der Waals surface area contributed by atoms with Gasteiger partial charge in [0.2, 0.25) is 0 Å². The fourth-order valence-electron chi connectivity index (χ4n) is 4.35. The molecule has 1 aromatic heterocycles.